The van der Waals surface area contributed by atoms with Crippen LogP contribution in [0.15, 0.2) is 48.5 Å². The number of carbonyl (C=O) groups excluding carboxylic acids is 3. The number of rotatable bonds is 9. The van der Waals surface area contributed by atoms with Crippen molar-refractivity contribution in [3.8, 4) is 5.75 Å². The summed E-state index contributed by atoms with van der Waals surface area (Å²) in [4.78, 5) is 46.1. The number of hydrogen-bond acceptors (Lipinski definition) is 7. The van der Waals surface area contributed by atoms with Crippen LogP contribution in [0.25, 0.3) is 0 Å². The SMILES string of the molecule is COC(=O)c1ccc(OCC(=O)N[C@@H](Cc2ccccc2)C(C)=O)c([N+](=O)[O-])c1. The number of carbonyl (C=O) groups is 3. The molecule has 1 amide bonds. The fourth-order valence-electron chi connectivity index (χ4n) is 2.55. The molecule has 0 aliphatic heterocycles. The van der Waals surface area contributed by atoms with Crippen molar-refractivity contribution in [1.29, 1.82) is 0 Å². The van der Waals surface area contributed by atoms with E-state index in [1.54, 1.807) is 0 Å². The van der Waals surface area contributed by atoms with Gasteiger partial charge in [0, 0.05) is 6.07 Å². The summed E-state index contributed by atoms with van der Waals surface area (Å²) in [6.45, 7) is 0.835. The molecule has 9 heteroatoms. The molecule has 0 aliphatic rings. The van der Waals surface area contributed by atoms with Gasteiger partial charge in [-0.1, -0.05) is 30.3 Å². The minimum atomic E-state index is -0.745. The minimum Gasteiger partial charge on any atom is -0.477 e. The number of ether oxygens (including phenoxy) is 2. The molecule has 0 unspecified atom stereocenters. The van der Waals surface area contributed by atoms with Gasteiger partial charge in [0.15, 0.2) is 18.1 Å². The van der Waals surface area contributed by atoms with Gasteiger partial charge in [0.05, 0.1) is 23.6 Å². The van der Waals surface area contributed by atoms with Crippen molar-refractivity contribution in [3.63, 3.8) is 0 Å². The van der Waals surface area contributed by atoms with E-state index in [2.05, 4.69) is 10.1 Å². The van der Waals surface area contributed by atoms with Crippen LogP contribution >= 0.6 is 0 Å². The summed E-state index contributed by atoms with van der Waals surface area (Å²) in [5.74, 6) is -1.74. The molecule has 152 valence electrons. The second-order valence-electron chi connectivity index (χ2n) is 6.14. The maximum atomic E-state index is 12.2. The van der Waals surface area contributed by atoms with Crippen LogP contribution in [0.2, 0.25) is 0 Å². The average Bonchev–Trinajstić information content (AvgIpc) is 2.71. The minimum absolute atomic E-state index is 0.0180. The van der Waals surface area contributed by atoms with Crippen molar-refractivity contribution in [1.82, 2.24) is 5.32 Å². The lowest BCUT2D eigenvalue weighted by atomic mass is 10.0. The first-order valence-electron chi connectivity index (χ1n) is 8.65. The monoisotopic (exact) mass is 400 g/mol. The summed E-state index contributed by atoms with van der Waals surface area (Å²) in [5, 5.41) is 13.8. The number of ketones is 1. The summed E-state index contributed by atoms with van der Waals surface area (Å²) in [7, 11) is 1.16. The molecule has 29 heavy (non-hydrogen) atoms. The van der Waals surface area contributed by atoms with Crippen LogP contribution in [-0.2, 0) is 20.7 Å². The van der Waals surface area contributed by atoms with Gasteiger partial charge in [0.1, 0.15) is 0 Å². The summed E-state index contributed by atoms with van der Waals surface area (Å²) >= 11 is 0. The molecular formula is C20H20N2O7. The zero-order valence-corrected chi connectivity index (χ0v) is 15.9. The molecule has 1 N–H and O–H groups in total. The van der Waals surface area contributed by atoms with E-state index in [1.165, 1.54) is 19.1 Å². The Balaban J connectivity index is 2.04. The van der Waals surface area contributed by atoms with E-state index in [1.807, 2.05) is 30.3 Å². The number of esters is 1. The van der Waals surface area contributed by atoms with Gasteiger partial charge >= 0.3 is 11.7 Å². The Morgan fingerprint density at radius 3 is 2.41 bits per heavy atom. The fraction of sp³-hybridized carbons (Fsp3) is 0.250. The molecule has 0 spiro atoms. The quantitative estimate of drug-likeness (QED) is 0.388. The molecule has 1 atom stereocenters. The molecule has 0 radical (unpaired) electrons. The Bertz CT molecular complexity index is 912. The molecule has 2 aromatic carbocycles. The Kier molecular flexibility index (Phi) is 7.41. The number of nitro groups is 1. The number of amides is 1. The van der Waals surface area contributed by atoms with Gasteiger partial charge in [0.2, 0.25) is 0 Å². The van der Waals surface area contributed by atoms with Gasteiger partial charge in [-0.25, -0.2) is 4.79 Å². The lowest BCUT2D eigenvalue weighted by molar-refractivity contribution is -0.385. The zero-order valence-electron chi connectivity index (χ0n) is 15.9. The number of Topliss-reactive ketones (excluding diaryl/α,β-unsaturated/α-hetero) is 1. The highest BCUT2D eigenvalue weighted by atomic mass is 16.6. The van der Waals surface area contributed by atoms with E-state index in [0.717, 1.165) is 18.7 Å². The highest BCUT2D eigenvalue weighted by molar-refractivity contribution is 5.90. The fourth-order valence-corrected chi connectivity index (χ4v) is 2.55. The van der Waals surface area contributed by atoms with Crippen molar-refractivity contribution in [2.45, 2.75) is 19.4 Å². The van der Waals surface area contributed by atoms with Crippen LogP contribution in [0.3, 0.4) is 0 Å². The standard InChI is InChI=1S/C20H20N2O7/c1-13(23)16(10-14-6-4-3-5-7-14)21-19(24)12-29-18-9-8-15(20(25)28-2)11-17(18)22(26)27/h3-9,11,16H,10,12H2,1-2H3,(H,21,24)/t16-/m0/s1. The number of nitrogens with one attached hydrogen (secondary N) is 1. The van der Waals surface area contributed by atoms with E-state index < -0.39 is 35.1 Å². The highest BCUT2D eigenvalue weighted by Crippen LogP contribution is 2.28. The van der Waals surface area contributed by atoms with Crippen LogP contribution < -0.4 is 10.1 Å². The first-order chi connectivity index (χ1) is 13.8. The third-order valence-corrected chi connectivity index (χ3v) is 4.04. The molecule has 0 saturated carbocycles. The molecule has 0 fully saturated rings. The summed E-state index contributed by atoms with van der Waals surface area (Å²) in [5.41, 5.74) is 0.381. The third-order valence-electron chi connectivity index (χ3n) is 4.04. The molecule has 2 aromatic rings. The second-order valence-corrected chi connectivity index (χ2v) is 6.14. The Hall–Kier alpha value is -3.75. The van der Waals surface area contributed by atoms with Crippen molar-refractivity contribution in [2.75, 3.05) is 13.7 Å². The topological polar surface area (TPSA) is 125 Å². The maximum absolute atomic E-state index is 12.2. The summed E-state index contributed by atoms with van der Waals surface area (Å²) < 4.78 is 9.77. The van der Waals surface area contributed by atoms with Crippen LogP contribution in [0, 0.1) is 10.1 Å². The Labute approximate surface area is 166 Å². The largest absolute Gasteiger partial charge is 0.477 e. The Morgan fingerprint density at radius 2 is 1.83 bits per heavy atom. The zero-order chi connectivity index (χ0) is 21.4. The molecule has 2 rings (SSSR count). The molecule has 0 aromatic heterocycles. The van der Waals surface area contributed by atoms with Gasteiger partial charge in [0.25, 0.3) is 5.91 Å². The highest BCUT2D eigenvalue weighted by Gasteiger charge is 2.22. The molecule has 0 heterocycles. The lowest BCUT2D eigenvalue weighted by Crippen LogP contribution is -2.43. The first-order valence-corrected chi connectivity index (χ1v) is 8.65. The van der Waals surface area contributed by atoms with Crippen molar-refractivity contribution in [2.24, 2.45) is 0 Å². The number of methoxy groups -OCH3 is 1. The molecule has 0 bridgehead atoms. The predicted molar refractivity (Wildman–Crippen MR) is 103 cm³/mol. The van der Waals surface area contributed by atoms with Crippen molar-refractivity contribution in [3.05, 3.63) is 69.8 Å². The van der Waals surface area contributed by atoms with E-state index in [-0.39, 0.29) is 17.1 Å². The van der Waals surface area contributed by atoms with Gasteiger partial charge in [-0.05, 0) is 31.0 Å². The molecule has 9 nitrogen and oxygen atoms in total. The van der Waals surface area contributed by atoms with Gasteiger partial charge in [-0.15, -0.1) is 0 Å². The lowest BCUT2D eigenvalue weighted by Gasteiger charge is -2.16. The first kappa shape index (κ1) is 21.5. The summed E-state index contributed by atoms with van der Waals surface area (Å²) in [6, 6.07) is 11.9. The van der Waals surface area contributed by atoms with Gasteiger partial charge in [-0.2, -0.15) is 0 Å². The van der Waals surface area contributed by atoms with E-state index in [9.17, 15) is 24.5 Å². The maximum Gasteiger partial charge on any atom is 0.338 e. The van der Waals surface area contributed by atoms with Crippen molar-refractivity contribution < 1.29 is 28.8 Å². The van der Waals surface area contributed by atoms with Gasteiger partial charge in [-0.3, -0.25) is 19.7 Å². The number of nitrogens with zero attached hydrogens (tertiary/aromatic N) is 1. The number of benzene rings is 2. The van der Waals surface area contributed by atoms with E-state index in [4.69, 9.17) is 4.74 Å². The molecule has 0 aliphatic carbocycles. The number of hydrogen-bond donors (Lipinski definition) is 1. The van der Waals surface area contributed by atoms with Crippen LogP contribution in [0.1, 0.15) is 22.8 Å². The van der Waals surface area contributed by atoms with Gasteiger partial charge < -0.3 is 14.8 Å². The van der Waals surface area contributed by atoms with E-state index >= 15 is 0 Å². The predicted octanol–water partition coefficient (Wildman–Crippen LogP) is 2.08. The normalized spacial score (nSPS) is 11.2. The van der Waals surface area contributed by atoms with Crippen LogP contribution in [0.4, 0.5) is 5.69 Å². The summed E-state index contributed by atoms with van der Waals surface area (Å²) in [6.07, 6.45) is 0.315. The molecule has 0 saturated heterocycles. The third kappa shape index (κ3) is 6.13. The van der Waals surface area contributed by atoms with E-state index in [0.29, 0.717) is 6.42 Å². The smallest absolute Gasteiger partial charge is 0.338 e. The molecular weight excluding hydrogens is 380 g/mol. The van der Waals surface area contributed by atoms with Crippen LogP contribution in [-0.4, -0.2) is 42.3 Å². The van der Waals surface area contributed by atoms with Crippen molar-refractivity contribution >= 4 is 23.3 Å². The number of nitro benzene ring substituents is 1. The van der Waals surface area contributed by atoms with Crippen LogP contribution in [0.5, 0.6) is 5.75 Å². The second kappa shape index (κ2) is 9.98. The average molecular weight is 400 g/mol. The Morgan fingerprint density at radius 1 is 1.14 bits per heavy atom.